The van der Waals surface area contributed by atoms with Gasteiger partial charge in [0.1, 0.15) is 0 Å². The summed E-state index contributed by atoms with van der Waals surface area (Å²) in [5.74, 6) is -3.60. The van der Waals surface area contributed by atoms with Crippen molar-refractivity contribution in [1.29, 1.82) is 0 Å². The molecule has 0 aromatic heterocycles. The Morgan fingerprint density at radius 2 is 0.581 bits per heavy atom. The van der Waals surface area contributed by atoms with Crippen LogP contribution in [0.15, 0.2) is 48.6 Å². The summed E-state index contributed by atoms with van der Waals surface area (Å²) in [6.07, 6.45) is 2.09. The molecule has 0 heterocycles. The Labute approximate surface area is 198 Å². The van der Waals surface area contributed by atoms with E-state index in [0.717, 1.165) is 0 Å². The number of hydrogen-bond donors (Lipinski definition) is 4. The summed E-state index contributed by atoms with van der Waals surface area (Å²) in [7, 11) is 0. The first-order chi connectivity index (χ1) is 12.7. The monoisotopic (exact) mass is 484 g/mol. The van der Waals surface area contributed by atoms with Crippen LogP contribution < -0.4 is 0 Å². The van der Waals surface area contributed by atoms with E-state index in [1.807, 2.05) is 0 Å². The van der Waals surface area contributed by atoms with Crippen LogP contribution in [-0.4, -0.2) is 55.3 Å². The van der Waals surface area contributed by atoms with Gasteiger partial charge >= 0.3 is 23.9 Å². The smallest absolute Gasteiger partial charge is 0.330 e. The van der Waals surface area contributed by atoms with Crippen molar-refractivity contribution in [2.45, 2.75) is 53.4 Å². The van der Waals surface area contributed by atoms with Gasteiger partial charge in [0.25, 0.3) is 0 Å². The molecular formula is C20H36O10Ti. The van der Waals surface area contributed by atoms with Gasteiger partial charge in [-0.05, 0) is 25.7 Å². The average molecular weight is 484 g/mol. The van der Waals surface area contributed by atoms with Gasteiger partial charge < -0.3 is 31.4 Å². The summed E-state index contributed by atoms with van der Waals surface area (Å²) >= 11 is 0. The molecule has 0 saturated heterocycles. The molecule has 0 aliphatic rings. The maximum absolute atomic E-state index is 9.83. The number of hydrogen-bond acceptors (Lipinski definition) is 4. The average Bonchev–Trinajstić information content (AvgIpc) is 2.66. The molecule has 10 nitrogen and oxygen atoms in total. The molecule has 0 amide bonds. The maximum Gasteiger partial charge on any atom is 0.330 e. The summed E-state index contributed by atoms with van der Waals surface area (Å²) in [6, 6.07) is 0. The van der Waals surface area contributed by atoms with Gasteiger partial charge in [-0.3, -0.25) is 0 Å². The first kappa shape index (κ1) is 46.6. The Bertz CT molecular complexity index is 491. The second kappa shape index (κ2) is 29.7. The van der Waals surface area contributed by atoms with Crippen molar-refractivity contribution in [3.05, 3.63) is 48.6 Å². The number of aliphatic carboxylic acids is 4. The van der Waals surface area contributed by atoms with Crippen LogP contribution in [-0.2, 0) is 40.9 Å². The van der Waals surface area contributed by atoms with Crippen molar-refractivity contribution in [3.8, 4) is 0 Å². The molecule has 0 rings (SSSR count). The molecule has 180 valence electrons. The van der Waals surface area contributed by atoms with Crippen LogP contribution in [0.3, 0.4) is 0 Å². The van der Waals surface area contributed by atoms with Crippen molar-refractivity contribution < 1.29 is 72.3 Å². The SMILES string of the molecule is C=C(CC)C(=O)O.C=C(CC)C(=O)O.C=C(CC)C(=O)O.C=C(CC)C(=O)O.O.O.[Ti]. The first-order valence-electron chi connectivity index (χ1n) is 8.37. The number of carboxylic acids is 4. The third-order valence-corrected chi connectivity index (χ3v) is 2.92. The topological polar surface area (TPSA) is 212 Å². The number of carboxylic acid groups (broad SMARTS) is 4. The third kappa shape index (κ3) is 38.7. The Morgan fingerprint density at radius 3 is 0.581 bits per heavy atom. The van der Waals surface area contributed by atoms with E-state index in [1.54, 1.807) is 27.7 Å². The fourth-order valence-corrected chi connectivity index (χ4v) is 0.605. The predicted molar refractivity (Wildman–Crippen MR) is 115 cm³/mol. The normalized spacial score (nSPS) is 7.35. The Kier molecular flexibility index (Phi) is 44.6. The van der Waals surface area contributed by atoms with Crippen molar-refractivity contribution in [2.24, 2.45) is 0 Å². The summed E-state index contributed by atoms with van der Waals surface area (Å²) in [4.78, 5) is 39.3. The fourth-order valence-electron chi connectivity index (χ4n) is 0.605. The van der Waals surface area contributed by atoms with E-state index in [-0.39, 0.29) is 55.0 Å². The van der Waals surface area contributed by atoms with E-state index in [1.165, 1.54) is 0 Å². The predicted octanol–water partition coefficient (Wildman–Crippen LogP) is 2.50. The maximum atomic E-state index is 9.83. The van der Waals surface area contributed by atoms with Crippen LogP contribution in [0.2, 0.25) is 0 Å². The number of rotatable bonds is 8. The minimum absolute atomic E-state index is 0. The molecule has 11 heteroatoms. The van der Waals surface area contributed by atoms with Gasteiger partial charge in [-0.25, -0.2) is 19.2 Å². The molecule has 8 N–H and O–H groups in total. The summed E-state index contributed by atoms with van der Waals surface area (Å²) in [5.41, 5.74) is 1.06. The number of carbonyl (C=O) groups is 4. The van der Waals surface area contributed by atoms with Crippen molar-refractivity contribution in [1.82, 2.24) is 0 Å². The van der Waals surface area contributed by atoms with E-state index >= 15 is 0 Å². The summed E-state index contributed by atoms with van der Waals surface area (Å²) in [5, 5.41) is 32.3. The van der Waals surface area contributed by atoms with Crippen molar-refractivity contribution in [3.63, 3.8) is 0 Å². The van der Waals surface area contributed by atoms with E-state index < -0.39 is 23.9 Å². The Balaban J connectivity index is -0.0000000480. The molecule has 0 aromatic carbocycles. The molecule has 0 aliphatic heterocycles. The van der Waals surface area contributed by atoms with Gasteiger partial charge in [0.15, 0.2) is 0 Å². The van der Waals surface area contributed by atoms with E-state index in [0.29, 0.717) is 25.7 Å². The first-order valence-corrected chi connectivity index (χ1v) is 8.37. The van der Waals surface area contributed by atoms with Gasteiger partial charge in [0, 0.05) is 44.0 Å². The van der Waals surface area contributed by atoms with Gasteiger partial charge in [0.2, 0.25) is 0 Å². The van der Waals surface area contributed by atoms with Gasteiger partial charge in [0.05, 0.1) is 0 Å². The van der Waals surface area contributed by atoms with Crippen LogP contribution in [0.25, 0.3) is 0 Å². The summed E-state index contributed by atoms with van der Waals surface area (Å²) in [6.45, 7) is 20.1. The molecule has 0 unspecified atom stereocenters. The van der Waals surface area contributed by atoms with Gasteiger partial charge in [-0.2, -0.15) is 0 Å². The fraction of sp³-hybridized carbons (Fsp3) is 0.400. The van der Waals surface area contributed by atoms with Crippen molar-refractivity contribution in [2.75, 3.05) is 0 Å². The minimum Gasteiger partial charge on any atom is -0.478 e. The molecule has 0 fully saturated rings. The molecule has 0 aliphatic carbocycles. The van der Waals surface area contributed by atoms with Crippen molar-refractivity contribution >= 4 is 23.9 Å². The van der Waals surface area contributed by atoms with E-state index in [4.69, 9.17) is 20.4 Å². The van der Waals surface area contributed by atoms with Crippen LogP contribution in [0.5, 0.6) is 0 Å². The molecule has 0 aromatic rings. The standard InChI is InChI=1S/4C5H8O2.2H2O.Ti/c4*1-3-4(2)5(6)7;;;/h4*2-3H2,1H3,(H,6,7);2*1H2;. The zero-order chi connectivity index (χ0) is 23.4. The zero-order valence-electron chi connectivity index (χ0n) is 18.6. The zero-order valence-corrected chi connectivity index (χ0v) is 20.1. The van der Waals surface area contributed by atoms with E-state index in [9.17, 15) is 19.2 Å². The minimum atomic E-state index is -0.900. The molecule has 0 spiro atoms. The van der Waals surface area contributed by atoms with E-state index in [2.05, 4.69) is 26.3 Å². The van der Waals surface area contributed by atoms with Crippen LogP contribution >= 0.6 is 0 Å². The molecule has 0 bridgehead atoms. The molecular weight excluding hydrogens is 448 g/mol. The summed E-state index contributed by atoms with van der Waals surface area (Å²) < 4.78 is 0. The quantitative estimate of drug-likeness (QED) is 0.296. The second-order valence-electron chi connectivity index (χ2n) is 5.05. The molecule has 0 radical (unpaired) electrons. The van der Waals surface area contributed by atoms with Crippen LogP contribution in [0, 0.1) is 0 Å². The van der Waals surface area contributed by atoms with Gasteiger partial charge in [-0.1, -0.05) is 54.0 Å². The Morgan fingerprint density at radius 1 is 0.484 bits per heavy atom. The van der Waals surface area contributed by atoms with Gasteiger partial charge in [-0.15, -0.1) is 0 Å². The molecule has 0 atom stereocenters. The van der Waals surface area contributed by atoms with Crippen LogP contribution in [0.4, 0.5) is 0 Å². The third-order valence-electron chi connectivity index (χ3n) is 2.92. The Hall–Kier alpha value is -2.53. The largest absolute Gasteiger partial charge is 0.478 e. The molecule has 31 heavy (non-hydrogen) atoms. The van der Waals surface area contributed by atoms with Crippen LogP contribution in [0.1, 0.15) is 53.4 Å². The molecule has 0 saturated carbocycles. The second-order valence-corrected chi connectivity index (χ2v) is 5.05.